The van der Waals surface area contributed by atoms with Crippen LogP contribution in [0, 0.1) is 11.8 Å². The van der Waals surface area contributed by atoms with E-state index in [2.05, 4.69) is 31.9 Å². The van der Waals surface area contributed by atoms with Crippen LogP contribution in [0.3, 0.4) is 0 Å². The van der Waals surface area contributed by atoms with Crippen LogP contribution in [-0.2, 0) is 27.9 Å². The number of carbonyl (C=O) groups is 1. The summed E-state index contributed by atoms with van der Waals surface area (Å²) in [6, 6.07) is 0.00249. The molecular weight excluding hydrogens is 449 g/mol. The topological polar surface area (TPSA) is 113 Å². The number of alkyl halides is 3. The number of piperazine rings is 1. The molecule has 2 aromatic rings. The molecule has 3 rings (SSSR count). The lowest BCUT2D eigenvalue weighted by Crippen LogP contribution is -2.55. The van der Waals surface area contributed by atoms with E-state index in [4.69, 9.17) is 9.47 Å². The van der Waals surface area contributed by atoms with Gasteiger partial charge in [-0.2, -0.15) is 23.1 Å². The van der Waals surface area contributed by atoms with E-state index in [0.717, 1.165) is 0 Å². The maximum atomic E-state index is 13.1. The van der Waals surface area contributed by atoms with Gasteiger partial charge >= 0.3 is 18.2 Å². The number of esters is 1. The molecule has 2 aromatic heterocycles. The second kappa shape index (κ2) is 10.1. The molecule has 11 nitrogen and oxygen atoms in total. The van der Waals surface area contributed by atoms with Gasteiger partial charge in [-0.15, -0.1) is 5.92 Å². The number of imidazole rings is 1. The molecular formula is C19H23F3N6O5. The van der Waals surface area contributed by atoms with Crippen molar-refractivity contribution >= 4 is 23.1 Å². The van der Waals surface area contributed by atoms with Crippen molar-refractivity contribution in [3.63, 3.8) is 0 Å². The van der Waals surface area contributed by atoms with E-state index in [9.17, 15) is 22.8 Å². The van der Waals surface area contributed by atoms with Crippen LogP contribution in [0.5, 0.6) is 6.01 Å². The lowest BCUT2D eigenvalue weighted by molar-refractivity contribution is -0.205. The van der Waals surface area contributed by atoms with Crippen LogP contribution in [-0.4, -0.2) is 77.4 Å². The summed E-state index contributed by atoms with van der Waals surface area (Å²) in [4.78, 5) is 34.6. The lowest BCUT2D eigenvalue weighted by Gasteiger charge is -2.36. The van der Waals surface area contributed by atoms with E-state index in [1.54, 1.807) is 6.92 Å². The third-order valence-electron chi connectivity index (χ3n) is 4.78. The highest BCUT2D eigenvalue weighted by atomic mass is 19.4. The first-order valence-corrected chi connectivity index (χ1v) is 9.92. The number of hydrogen-bond donors (Lipinski definition) is 1. The Labute approximate surface area is 186 Å². The number of rotatable bonds is 7. The third kappa shape index (κ3) is 5.20. The lowest BCUT2D eigenvalue weighted by atomic mass is 10.3. The zero-order valence-electron chi connectivity index (χ0n) is 18.2. The summed E-state index contributed by atoms with van der Waals surface area (Å²) in [6.45, 7) is 2.52. The fraction of sp³-hybridized carbons (Fsp3) is 0.579. The first-order chi connectivity index (χ1) is 15.7. The van der Waals surface area contributed by atoms with Gasteiger partial charge in [-0.05, 0) is 6.92 Å². The van der Waals surface area contributed by atoms with Crippen molar-refractivity contribution in [2.45, 2.75) is 25.9 Å². The van der Waals surface area contributed by atoms with Crippen LogP contribution < -0.4 is 20.5 Å². The average Bonchev–Trinajstić information content (AvgIpc) is 3.13. The normalized spacial score (nSPS) is 16.4. The predicted octanol–water partition coefficient (Wildman–Crippen LogP) is 0.0197. The number of halogens is 3. The first kappa shape index (κ1) is 24.3. The summed E-state index contributed by atoms with van der Waals surface area (Å²) < 4.78 is 56.1. The van der Waals surface area contributed by atoms with E-state index in [-0.39, 0.29) is 56.0 Å². The largest absolute Gasteiger partial charge is 0.491 e. The van der Waals surface area contributed by atoms with E-state index in [0.29, 0.717) is 6.54 Å². The van der Waals surface area contributed by atoms with Gasteiger partial charge in [0.1, 0.15) is 6.61 Å². The van der Waals surface area contributed by atoms with Crippen molar-refractivity contribution in [3.05, 3.63) is 10.4 Å². The van der Waals surface area contributed by atoms with Crippen LogP contribution >= 0.6 is 0 Å². The molecule has 1 unspecified atom stereocenters. The number of nitrogens with one attached hydrogen (secondary N) is 1. The molecule has 0 radical (unpaired) electrons. The average molecular weight is 472 g/mol. The predicted molar refractivity (Wildman–Crippen MR) is 110 cm³/mol. The zero-order valence-corrected chi connectivity index (χ0v) is 18.2. The molecule has 0 spiro atoms. The van der Waals surface area contributed by atoms with Gasteiger partial charge in [-0.3, -0.25) is 13.9 Å². The maximum absolute atomic E-state index is 13.1. The van der Waals surface area contributed by atoms with E-state index >= 15 is 0 Å². The van der Waals surface area contributed by atoms with E-state index < -0.39 is 23.9 Å². The summed E-state index contributed by atoms with van der Waals surface area (Å²) >= 11 is 0. The monoisotopic (exact) mass is 472 g/mol. The van der Waals surface area contributed by atoms with E-state index in [1.165, 1.54) is 28.2 Å². The van der Waals surface area contributed by atoms with Crippen molar-refractivity contribution in [1.82, 2.24) is 24.4 Å². The Morgan fingerprint density at radius 3 is 2.73 bits per heavy atom. The highest BCUT2D eigenvalue weighted by molar-refractivity contribution is 5.77. The quantitative estimate of drug-likeness (QED) is 0.339. The summed E-state index contributed by atoms with van der Waals surface area (Å²) in [5, 5.41) is 2.88. The highest BCUT2D eigenvalue weighted by Crippen LogP contribution is 2.25. The standard InChI is InChI=1S/C19H23F3N6O5/c1-4-5-7-28-13-14(25-18(26(2)15(13)29)32-10-9-31-3)24-17(28)27-8-6-23-11-12(27)33-16(30)19(20,21)22/h12,23H,6-11H2,1-3H3. The fourth-order valence-corrected chi connectivity index (χ4v) is 3.21. The molecule has 180 valence electrons. The molecule has 1 aliphatic heterocycles. The highest BCUT2D eigenvalue weighted by Gasteiger charge is 2.44. The van der Waals surface area contributed by atoms with Gasteiger partial charge in [0.05, 0.1) is 19.7 Å². The Morgan fingerprint density at radius 2 is 2.06 bits per heavy atom. The first-order valence-electron chi connectivity index (χ1n) is 9.92. The number of fused-ring (bicyclic) bond motifs is 1. The second-order valence-electron chi connectivity index (χ2n) is 6.95. The van der Waals surface area contributed by atoms with Crippen LogP contribution in [0.15, 0.2) is 4.79 Å². The fourth-order valence-electron chi connectivity index (χ4n) is 3.21. The van der Waals surface area contributed by atoms with Crippen molar-refractivity contribution in [2.75, 3.05) is 44.9 Å². The molecule has 1 saturated heterocycles. The number of methoxy groups -OCH3 is 1. The molecule has 1 fully saturated rings. The van der Waals surface area contributed by atoms with Gasteiger partial charge in [0, 0.05) is 27.2 Å². The molecule has 33 heavy (non-hydrogen) atoms. The summed E-state index contributed by atoms with van der Waals surface area (Å²) in [5.41, 5.74) is -0.366. The van der Waals surface area contributed by atoms with Crippen molar-refractivity contribution in [1.29, 1.82) is 0 Å². The minimum atomic E-state index is -5.15. The Kier molecular flexibility index (Phi) is 7.44. The molecule has 0 saturated carbocycles. The Balaban J connectivity index is 2.09. The molecule has 1 atom stereocenters. The Bertz CT molecular complexity index is 1130. The Morgan fingerprint density at radius 1 is 1.30 bits per heavy atom. The van der Waals surface area contributed by atoms with E-state index in [1.807, 2.05) is 0 Å². The zero-order chi connectivity index (χ0) is 24.2. The summed E-state index contributed by atoms with van der Waals surface area (Å²) in [6.07, 6.45) is -6.46. The van der Waals surface area contributed by atoms with Gasteiger partial charge < -0.3 is 24.4 Å². The van der Waals surface area contributed by atoms with Crippen LogP contribution in [0.4, 0.5) is 19.1 Å². The smallest absolute Gasteiger partial charge is 0.462 e. The number of aromatic nitrogens is 4. The number of nitrogens with zero attached hydrogens (tertiary/aromatic N) is 5. The minimum absolute atomic E-state index is 0.00249. The van der Waals surface area contributed by atoms with Crippen LogP contribution in [0.1, 0.15) is 6.92 Å². The molecule has 1 N–H and O–H groups in total. The number of carbonyl (C=O) groups excluding carboxylic acids is 1. The third-order valence-corrected chi connectivity index (χ3v) is 4.78. The number of hydrogen-bond acceptors (Lipinski definition) is 9. The van der Waals surface area contributed by atoms with Crippen molar-refractivity contribution in [3.8, 4) is 17.9 Å². The van der Waals surface area contributed by atoms with Gasteiger partial charge in [0.2, 0.25) is 5.95 Å². The maximum Gasteiger partial charge on any atom is 0.491 e. The molecule has 0 amide bonds. The van der Waals surface area contributed by atoms with Gasteiger partial charge in [-0.1, -0.05) is 5.92 Å². The molecule has 1 aliphatic rings. The molecule has 0 aliphatic carbocycles. The molecule has 0 bridgehead atoms. The molecule has 0 aromatic carbocycles. The molecule has 14 heteroatoms. The summed E-state index contributed by atoms with van der Waals surface area (Å²) in [7, 11) is 2.97. The van der Waals surface area contributed by atoms with Gasteiger partial charge in [0.15, 0.2) is 17.4 Å². The number of anilines is 1. The molecule has 3 heterocycles. The second-order valence-corrected chi connectivity index (χ2v) is 6.95. The van der Waals surface area contributed by atoms with Crippen LogP contribution in [0.25, 0.3) is 11.2 Å². The van der Waals surface area contributed by atoms with Gasteiger partial charge in [0.25, 0.3) is 5.56 Å². The number of ether oxygens (including phenoxy) is 3. The minimum Gasteiger partial charge on any atom is -0.462 e. The van der Waals surface area contributed by atoms with Crippen molar-refractivity contribution < 1.29 is 32.2 Å². The summed E-state index contributed by atoms with van der Waals surface area (Å²) in [5.74, 6) is 3.32. The Hall–Kier alpha value is -3.31. The van der Waals surface area contributed by atoms with Crippen LogP contribution in [0.2, 0.25) is 0 Å². The SMILES string of the molecule is CC#CCn1c(N2CCNCC2OC(=O)C(F)(F)F)nc2nc(OCCOC)n(C)c(=O)c21. The van der Waals surface area contributed by atoms with Crippen molar-refractivity contribution in [2.24, 2.45) is 7.05 Å². The van der Waals surface area contributed by atoms with Gasteiger partial charge in [-0.25, -0.2) is 4.79 Å².